The van der Waals surface area contributed by atoms with E-state index in [9.17, 15) is 9.59 Å². The van der Waals surface area contributed by atoms with Crippen molar-refractivity contribution in [1.29, 1.82) is 0 Å². The van der Waals surface area contributed by atoms with Gasteiger partial charge in [-0.2, -0.15) is 0 Å². The van der Waals surface area contributed by atoms with E-state index < -0.39 is 0 Å². The van der Waals surface area contributed by atoms with Gasteiger partial charge in [0.2, 0.25) is 5.91 Å². The number of nitrogens with one attached hydrogen (secondary N) is 1. The van der Waals surface area contributed by atoms with E-state index in [0.717, 1.165) is 29.4 Å². The number of para-hydroxylation sites is 1. The second-order valence-corrected chi connectivity index (χ2v) is 8.79. The molecule has 8 nitrogen and oxygen atoms in total. The third-order valence-electron chi connectivity index (χ3n) is 5.88. The van der Waals surface area contributed by atoms with Crippen LogP contribution < -0.4 is 10.9 Å². The molecule has 1 saturated carbocycles. The number of rotatable bonds is 8. The second-order valence-electron chi connectivity index (χ2n) is 8.01. The Bertz CT molecular complexity index is 1130. The van der Waals surface area contributed by atoms with Crippen molar-refractivity contribution < 1.29 is 4.79 Å². The molecular formula is C22H28N6O2S. The fourth-order valence-electron chi connectivity index (χ4n) is 4.28. The van der Waals surface area contributed by atoms with Gasteiger partial charge in [-0.05, 0) is 44.1 Å². The summed E-state index contributed by atoms with van der Waals surface area (Å²) in [5, 5.41) is 13.1. The number of carbonyl (C=O) groups is 1. The predicted molar refractivity (Wildman–Crippen MR) is 121 cm³/mol. The van der Waals surface area contributed by atoms with Gasteiger partial charge in [-0.1, -0.05) is 36.7 Å². The van der Waals surface area contributed by atoms with E-state index in [0.29, 0.717) is 23.5 Å². The maximum atomic E-state index is 12.6. The quantitative estimate of drug-likeness (QED) is 0.428. The Labute approximate surface area is 185 Å². The van der Waals surface area contributed by atoms with E-state index in [4.69, 9.17) is 0 Å². The highest BCUT2D eigenvalue weighted by molar-refractivity contribution is 7.98. The lowest BCUT2D eigenvalue weighted by Crippen LogP contribution is -2.33. The molecule has 4 rings (SSSR count). The summed E-state index contributed by atoms with van der Waals surface area (Å²) in [6.07, 6.45) is 9.90. The number of nitrogens with zero attached hydrogens (tertiary/aromatic N) is 5. The van der Waals surface area contributed by atoms with Crippen LogP contribution in [0.5, 0.6) is 0 Å². The fourth-order valence-corrected chi connectivity index (χ4v) is 4.85. The molecule has 2 heterocycles. The largest absolute Gasteiger partial charge is 0.355 e. The molecule has 1 fully saturated rings. The average molecular weight is 441 g/mol. The van der Waals surface area contributed by atoms with Crippen LogP contribution in [0.3, 0.4) is 0 Å². The minimum absolute atomic E-state index is 0.0371. The summed E-state index contributed by atoms with van der Waals surface area (Å²) >= 11 is 1.63. The first kappa shape index (κ1) is 21.5. The average Bonchev–Trinajstić information content (AvgIpc) is 3.43. The molecule has 2 aromatic heterocycles. The summed E-state index contributed by atoms with van der Waals surface area (Å²) in [4.78, 5) is 29.4. The van der Waals surface area contributed by atoms with Crippen LogP contribution in [0, 0.1) is 6.92 Å². The normalized spacial score (nSPS) is 14.4. The predicted octanol–water partition coefficient (Wildman–Crippen LogP) is 2.88. The first-order valence-electron chi connectivity index (χ1n) is 10.8. The number of amides is 1. The third-order valence-corrected chi connectivity index (χ3v) is 6.52. The number of carbonyl (C=O) groups excluding carboxylic acids is 1. The van der Waals surface area contributed by atoms with Crippen LogP contribution in [0.15, 0.2) is 34.5 Å². The molecule has 0 radical (unpaired) electrons. The van der Waals surface area contributed by atoms with E-state index in [1.54, 1.807) is 17.8 Å². The lowest BCUT2D eigenvalue weighted by Gasteiger charge is -2.16. The van der Waals surface area contributed by atoms with E-state index in [-0.39, 0.29) is 18.0 Å². The van der Waals surface area contributed by atoms with E-state index in [2.05, 4.69) is 25.1 Å². The Morgan fingerprint density at radius 3 is 2.84 bits per heavy atom. The third kappa shape index (κ3) is 4.66. The number of aryl methyl sites for hydroxylation is 2. The zero-order valence-electron chi connectivity index (χ0n) is 18.0. The van der Waals surface area contributed by atoms with Crippen LogP contribution in [0.1, 0.15) is 49.5 Å². The summed E-state index contributed by atoms with van der Waals surface area (Å²) in [5.41, 5.74) is 1.43. The molecule has 0 atom stereocenters. The standard InChI is InChI=1S/C22H28N6O2S/c1-15-7-5-10-17-20(15)24-14-27(21(17)30)13-19(29)23-12-6-11-18-25-26-22(31-2)28(18)16-8-3-4-9-16/h5,7,10,14,16H,3-4,6,8-9,11-13H2,1-2H3,(H,23,29). The van der Waals surface area contributed by atoms with Crippen molar-refractivity contribution in [3.8, 4) is 0 Å². The molecule has 1 aliphatic rings. The lowest BCUT2D eigenvalue weighted by molar-refractivity contribution is -0.121. The Balaban J connectivity index is 1.33. The molecule has 3 aromatic rings. The molecular weight excluding hydrogens is 412 g/mol. The molecule has 1 aromatic carbocycles. The molecule has 0 spiro atoms. The minimum atomic E-state index is -0.196. The Hall–Kier alpha value is -2.68. The first-order chi connectivity index (χ1) is 15.1. The zero-order chi connectivity index (χ0) is 21.8. The molecule has 0 unspecified atom stereocenters. The monoisotopic (exact) mass is 440 g/mol. The van der Waals surface area contributed by atoms with Gasteiger partial charge in [0.1, 0.15) is 12.4 Å². The highest BCUT2D eigenvalue weighted by Crippen LogP contribution is 2.33. The van der Waals surface area contributed by atoms with Crippen molar-refractivity contribution in [1.82, 2.24) is 29.6 Å². The molecule has 0 bridgehead atoms. The Morgan fingerprint density at radius 2 is 2.06 bits per heavy atom. The zero-order valence-corrected chi connectivity index (χ0v) is 18.8. The number of thioether (sulfide) groups is 1. The molecule has 1 amide bonds. The van der Waals surface area contributed by atoms with Crippen LogP contribution in [0.4, 0.5) is 0 Å². The Kier molecular flexibility index (Phi) is 6.70. The Morgan fingerprint density at radius 1 is 1.26 bits per heavy atom. The van der Waals surface area contributed by atoms with Crippen molar-refractivity contribution in [3.05, 3.63) is 46.3 Å². The van der Waals surface area contributed by atoms with Gasteiger partial charge < -0.3 is 9.88 Å². The molecule has 31 heavy (non-hydrogen) atoms. The number of aromatic nitrogens is 5. The van der Waals surface area contributed by atoms with Crippen LogP contribution >= 0.6 is 11.8 Å². The number of hydrogen-bond donors (Lipinski definition) is 1. The molecule has 9 heteroatoms. The maximum Gasteiger partial charge on any atom is 0.261 e. The minimum Gasteiger partial charge on any atom is -0.355 e. The maximum absolute atomic E-state index is 12.6. The highest BCUT2D eigenvalue weighted by atomic mass is 32.2. The van der Waals surface area contributed by atoms with Crippen LogP contribution in [0.2, 0.25) is 0 Å². The van der Waals surface area contributed by atoms with Gasteiger partial charge >= 0.3 is 0 Å². The highest BCUT2D eigenvalue weighted by Gasteiger charge is 2.23. The molecule has 0 saturated heterocycles. The molecule has 1 N–H and O–H groups in total. The fraction of sp³-hybridized carbons (Fsp3) is 0.500. The van der Waals surface area contributed by atoms with Gasteiger partial charge in [-0.15, -0.1) is 10.2 Å². The first-order valence-corrected chi connectivity index (χ1v) is 12.0. The summed E-state index contributed by atoms with van der Waals surface area (Å²) in [5.74, 6) is 0.800. The SMILES string of the molecule is CSc1nnc(CCCNC(=O)Cn2cnc3c(C)cccc3c2=O)n1C1CCCC1. The van der Waals surface area contributed by atoms with Gasteiger partial charge in [0, 0.05) is 19.0 Å². The van der Waals surface area contributed by atoms with E-state index in [1.807, 2.05) is 25.3 Å². The summed E-state index contributed by atoms with van der Waals surface area (Å²) in [6, 6.07) is 5.99. The topological polar surface area (TPSA) is 94.7 Å². The van der Waals surface area contributed by atoms with Gasteiger partial charge in [-0.25, -0.2) is 4.98 Å². The smallest absolute Gasteiger partial charge is 0.261 e. The van der Waals surface area contributed by atoms with Crippen molar-refractivity contribution >= 4 is 28.6 Å². The van der Waals surface area contributed by atoms with Gasteiger partial charge in [0.25, 0.3) is 5.56 Å². The number of fused-ring (bicyclic) bond motifs is 1. The van der Waals surface area contributed by atoms with E-state index >= 15 is 0 Å². The summed E-state index contributed by atoms with van der Waals surface area (Å²) < 4.78 is 3.65. The van der Waals surface area contributed by atoms with Gasteiger partial charge in [0.15, 0.2) is 5.16 Å². The summed E-state index contributed by atoms with van der Waals surface area (Å²) in [6.45, 7) is 2.41. The van der Waals surface area contributed by atoms with Crippen molar-refractivity contribution in [3.63, 3.8) is 0 Å². The molecule has 1 aliphatic carbocycles. The van der Waals surface area contributed by atoms with Crippen molar-refractivity contribution in [2.24, 2.45) is 0 Å². The number of hydrogen-bond acceptors (Lipinski definition) is 6. The summed E-state index contributed by atoms with van der Waals surface area (Å²) in [7, 11) is 0. The molecule has 164 valence electrons. The van der Waals surface area contributed by atoms with Crippen LogP contribution in [-0.2, 0) is 17.8 Å². The lowest BCUT2D eigenvalue weighted by atomic mass is 10.1. The number of benzene rings is 1. The molecule has 0 aliphatic heterocycles. The van der Waals surface area contributed by atoms with Crippen LogP contribution in [0.25, 0.3) is 10.9 Å². The van der Waals surface area contributed by atoms with Crippen molar-refractivity contribution in [2.45, 2.75) is 63.2 Å². The second kappa shape index (κ2) is 9.64. The van der Waals surface area contributed by atoms with Crippen LogP contribution in [-0.4, -0.2) is 43.0 Å². The van der Waals surface area contributed by atoms with E-state index in [1.165, 1.54) is 36.6 Å². The van der Waals surface area contributed by atoms with Gasteiger partial charge in [-0.3, -0.25) is 14.2 Å². The van der Waals surface area contributed by atoms with Gasteiger partial charge in [0.05, 0.1) is 17.2 Å². The van der Waals surface area contributed by atoms with Crippen molar-refractivity contribution in [2.75, 3.05) is 12.8 Å².